The number of benzene rings is 1. The molecule has 3 rings (SSSR count). The molecule has 4 heteroatoms. The summed E-state index contributed by atoms with van der Waals surface area (Å²) in [7, 11) is 0. The van der Waals surface area contributed by atoms with Crippen LogP contribution in [0, 0.1) is 11.7 Å². The van der Waals surface area contributed by atoms with E-state index in [1.807, 2.05) is 12.1 Å². The van der Waals surface area contributed by atoms with E-state index in [9.17, 15) is 9.18 Å². The van der Waals surface area contributed by atoms with E-state index in [0.29, 0.717) is 6.54 Å². The van der Waals surface area contributed by atoms with E-state index in [2.05, 4.69) is 10.6 Å². The molecule has 1 heterocycles. The zero-order chi connectivity index (χ0) is 14.0. The van der Waals surface area contributed by atoms with Crippen molar-refractivity contribution in [2.24, 2.45) is 5.92 Å². The van der Waals surface area contributed by atoms with Crippen LogP contribution in [0.2, 0.25) is 0 Å². The molecule has 1 aliphatic heterocycles. The van der Waals surface area contributed by atoms with Crippen LogP contribution in [-0.4, -0.2) is 25.5 Å². The molecular weight excluding hydrogens is 255 g/mol. The standard InChI is InChI=1S/C16H21FN2O/c17-14-5-3-13(4-6-14)16(7-8-16)11-19-15(20)12-2-1-9-18-10-12/h3-6,12,18H,1-2,7-11H2,(H,19,20). The van der Waals surface area contributed by atoms with E-state index in [4.69, 9.17) is 0 Å². The minimum absolute atomic E-state index is 0.0471. The molecule has 0 radical (unpaired) electrons. The van der Waals surface area contributed by atoms with Gasteiger partial charge in [-0.25, -0.2) is 4.39 Å². The molecule has 20 heavy (non-hydrogen) atoms. The van der Waals surface area contributed by atoms with Crippen LogP contribution in [0.4, 0.5) is 4.39 Å². The second kappa shape index (κ2) is 5.52. The Bertz CT molecular complexity index is 476. The molecule has 108 valence electrons. The predicted molar refractivity (Wildman–Crippen MR) is 75.9 cm³/mol. The van der Waals surface area contributed by atoms with E-state index in [0.717, 1.165) is 44.3 Å². The fourth-order valence-corrected chi connectivity index (χ4v) is 3.00. The van der Waals surface area contributed by atoms with Gasteiger partial charge in [0.15, 0.2) is 0 Å². The van der Waals surface area contributed by atoms with Crippen molar-refractivity contribution in [3.05, 3.63) is 35.6 Å². The molecule has 0 bridgehead atoms. The normalized spacial score (nSPS) is 24.1. The van der Waals surface area contributed by atoms with Crippen LogP contribution >= 0.6 is 0 Å². The molecule has 1 unspecified atom stereocenters. The van der Waals surface area contributed by atoms with Crippen LogP contribution in [0.15, 0.2) is 24.3 Å². The van der Waals surface area contributed by atoms with Gasteiger partial charge in [-0.3, -0.25) is 4.79 Å². The molecule has 1 saturated heterocycles. The van der Waals surface area contributed by atoms with Gasteiger partial charge in [-0.1, -0.05) is 12.1 Å². The van der Waals surface area contributed by atoms with Gasteiger partial charge in [0.05, 0.1) is 5.92 Å². The average molecular weight is 276 g/mol. The Kier molecular flexibility index (Phi) is 3.74. The zero-order valence-corrected chi connectivity index (χ0v) is 11.6. The van der Waals surface area contributed by atoms with Crippen molar-refractivity contribution < 1.29 is 9.18 Å². The maximum Gasteiger partial charge on any atom is 0.224 e. The van der Waals surface area contributed by atoms with Crippen molar-refractivity contribution in [3.63, 3.8) is 0 Å². The number of hydrogen-bond donors (Lipinski definition) is 2. The first-order valence-corrected chi connectivity index (χ1v) is 7.44. The quantitative estimate of drug-likeness (QED) is 0.883. The van der Waals surface area contributed by atoms with Gasteiger partial charge in [0.25, 0.3) is 0 Å². The van der Waals surface area contributed by atoms with Gasteiger partial charge < -0.3 is 10.6 Å². The van der Waals surface area contributed by atoms with Crippen LogP contribution in [0.1, 0.15) is 31.2 Å². The lowest BCUT2D eigenvalue weighted by Gasteiger charge is -2.24. The van der Waals surface area contributed by atoms with Crippen molar-refractivity contribution in [2.75, 3.05) is 19.6 Å². The molecule has 1 aliphatic carbocycles. The molecular formula is C16H21FN2O. The summed E-state index contributed by atoms with van der Waals surface area (Å²) in [6, 6.07) is 6.69. The Morgan fingerprint density at radius 2 is 2.10 bits per heavy atom. The Morgan fingerprint density at radius 1 is 1.35 bits per heavy atom. The predicted octanol–water partition coefficient (Wildman–Crippen LogP) is 1.97. The maximum absolute atomic E-state index is 13.0. The summed E-state index contributed by atoms with van der Waals surface area (Å²) in [6.07, 6.45) is 4.19. The zero-order valence-electron chi connectivity index (χ0n) is 11.6. The Hall–Kier alpha value is -1.42. The van der Waals surface area contributed by atoms with Crippen LogP contribution in [0.25, 0.3) is 0 Å². The van der Waals surface area contributed by atoms with Gasteiger partial charge >= 0.3 is 0 Å². The minimum Gasteiger partial charge on any atom is -0.355 e. The highest BCUT2D eigenvalue weighted by atomic mass is 19.1. The molecule has 1 atom stereocenters. The summed E-state index contributed by atoms with van der Waals surface area (Å²) in [4.78, 5) is 12.1. The largest absolute Gasteiger partial charge is 0.355 e. The number of piperidine rings is 1. The molecule has 1 aromatic rings. The highest BCUT2D eigenvalue weighted by molar-refractivity contribution is 5.79. The molecule has 1 saturated carbocycles. The van der Waals surface area contributed by atoms with E-state index in [-0.39, 0.29) is 23.1 Å². The molecule has 2 fully saturated rings. The van der Waals surface area contributed by atoms with E-state index < -0.39 is 0 Å². The lowest BCUT2D eigenvalue weighted by Crippen LogP contribution is -2.42. The summed E-state index contributed by atoms with van der Waals surface area (Å²) in [6.45, 7) is 2.48. The Balaban J connectivity index is 1.57. The molecule has 1 aromatic carbocycles. The third kappa shape index (κ3) is 2.85. The Morgan fingerprint density at radius 3 is 2.70 bits per heavy atom. The number of rotatable bonds is 4. The first kappa shape index (κ1) is 13.6. The van der Waals surface area contributed by atoms with Crippen LogP contribution in [0.5, 0.6) is 0 Å². The Labute approximate surface area is 118 Å². The van der Waals surface area contributed by atoms with Crippen molar-refractivity contribution >= 4 is 5.91 Å². The van der Waals surface area contributed by atoms with Crippen molar-refractivity contribution in [1.29, 1.82) is 0 Å². The smallest absolute Gasteiger partial charge is 0.224 e. The molecule has 2 aliphatic rings. The monoisotopic (exact) mass is 276 g/mol. The number of halogens is 1. The van der Waals surface area contributed by atoms with Gasteiger partial charge in [-0.2, -0.15) is 0 Å². The van der Waals surface area contributed by atoms with Crippen LogP contribution < -0.4 is 10.6 Å². The first-order valence-electron chi connectivity index (χ1n) is 7.44. The first-order chi connectivity index (χ1) is 9.70. The van der Waals surface area contributed by atoms with Gasteiger partial charge in [0, 0.05) is 18.5 Å². The van der Waals surface area contributed by atoms with E-state index in [1.54, 1.807) is 0 Å². The molecule has 2 N–H and O–H groups in total. The minimum atomic E-state index is -0.207. The number of carbonyl (C=O) groups excluding carboxylic acids is 1. The summed E-state index contributed by atoms with van der Waals surface area (Å²) in [5, 5.41) is 6.36. The van der Waals surface area contributed by atoms with Gasteiger partial charge in [0.1, 0.15) is 5.82 Å². The topological polar surface area (TPSA) is 41.1 Å². The van der Waals surface area contributed by atoms with Crippen molar-refractivity contribution in [2.45, 2.75) is 31.1 Å². The summed E-state index contributed by atoms with van der Waals surface area (Å²) < 4.78 is 13.0. The SMILES string of the molecule is O=C(NCC1(c2ccc(F)cc2)CC1)C1CCCNC1. The highest BCUT2D eigenvalue weighted by Gasteiger charge is 2.44. The molecule has 0 spiro atoms. The summed E-state index contributed by atoms with van der Waals surface area (Å²) >= 11 is 0. The third-order valence-electron chi connectivity index (χ3n) is 4.58. The lowest BCUT2D eigenvalue weighted by molar-refractivity contribution is -0.125. The van der Waals surface area contributed by atoms with Crippen molar-refractivity contribution in [3.8, 4) is 0 Å². The van der Waals surface area contributed by atoms with Crippen LogP contribution in [-0.2, 0) is 10.2 Å². The second-order valence-corrected chi connectivity index (χ2v) is 6.05. The third-order valence-corrected chi connectivity index (χ3v) is 4.58. The second-order valence-electron chi connectivity index (χ2n) is 6.05. The van der Waals surface area contributed by atoms with Gasteiger partial charge in [0.2, 0.25) is 5.91 Å². The van der Waals surface area contributed by atoms with E-state index in [1.165, 1.54) is 12.1 Å². The van der Waals surface area contributed by atoms with Gasteiger partial charge in [-0.15, -0.1) is 0 Å². The maximum atomic E-state index is 13.0. The van der Waals surface area contributed by atoms with E-state index >= 15 is 0 Å². The molecule has 1 amide bonds. The molecule has 3 nitrogen and oxygen atoms in total. The average Bonchev–Trinajstić information content (AvgIpc) is 3.27. The van der Waals surface area contributed by atoms with Crippen molar-refractivity contribution in [1.82, 2.24) is 10.6 Å². The summed E-state index contributed by atoms with van der Waals surface area (Å²) in [5.74, 6) is 0.0558. The fraction of sp³-hybridized carbons (Fsp3) is 0.562. The fourth-order valence-electron chi connectivity index (χ4n) is 3.00. The number of nitrogens with one attached hydrogen (secondary N) is 2. The summed E-state index contributed by atoms with van der Waals surface area (Å²) in [5.41, 5.74) is 1.19. The highest BCUT2D eigenvalue weighted by Crippen LogP contribution is 2.47. The van der Waals surface area contributed by atoms with Gasteiger partial charge in [-0.05, 0) is 49.9 Å². The van der Waals surface area contributed by atoms with Crippen LogP contribution in [0.3, 0.4) is 0 Å². The number of carbonyl (C=O) groups is 1. The number of amides is 1. The lowest BCUT2D eigenvalue weighted by atomic mass is 9.94. The molecule has 0 aromatic heterocycles. The number of hydrogen-bond acceptors (Lipinski definition) is 2.